The number of hydrogen-bond donors (Lipinski definition) is 1. The highest BCUT2D eigenvalue weighted by Gasteiger charge is 2.25. The van der Waals surface area contributed by atoms with Gasteiger partial charge in [0.2, 0.25) is 5.95 Å². The van der Waals surface area contributed by atoms with Gasteiger partial charge in [-0.15, -0.1) is 0 Å². The highest BCUT2D eigenvalue weighted by molar-refractivity contribution is 7.82. The Balaban J connectivity index is 1.14. The number of anilines is 2. The van der Waals surface area contributed by atoms with E-state index in [9.17, 15) is 13.7 Å². The first-order valence-corrected chi connectivity index (χ1v) is 14.7. The van der Waals surface area contributed by atoms with Crippen LogP contribution in [0.4, 0.5) is 16.0 Å². The zero-order valence-corrected chi connectivity index (χ0v) is 22.8. The average Bonchev–Trinajstić information content (AvgIpc) is 3.29. The molecule has 2 saturated heterocycles. The summed E-state index contributed by atoms with van der Waals surface area (Å²) in [7, 11) is -1.06. The number of aromatic nitrogens is 3. The van der Waals surface area contributed by atoms with Crippen molar-refractivity contribution in [1.29, 1.82) is 0 Å². The van der Waals surface area contributed by atoms with Crippen LogP contribution in [0, 0.1) is 5.82 Å². The van der Waals surface area contributed by atoms with Crippen LogP contribution in [-0.2, 0) is 11.0 Å². The van der Waals surface area contributed by atoms with Crippen molar-refractivity contribution in [3.63, 3.8) is 0 Å². The molecule has 0 aliphatic carbocycles. The highest BCUT2D eigenvalue weighted by atomic mass is 32.2. The average molecular weight is 549 g/mol. The zero-order valence-electron chi connectivity index (χ0n) is 21.2. The molecule has 0 bridgehead atoms. The molecule has 1 unspecified atom stereocenters. The van der Waals surface area contributed by atoms with Crippen molar-refractivity contribution < 1.29 is 18.4 Å². The number of hydrogen-bond acceptors (Lipinski definition) is 9. The number of benzene rings is 1. The molecule has 0 saturated carbocycles. The third-order valence-corrected chi connectivity index (χ3v) is 9.14. The molecular formula is C25H33FN6O3S2. The van der Waals surface area contributed by atoms with Crippen LogP contribution in [0.15, 0.2) is 30.6 Å². The minimum Gasteiger partial charge on any atom is -0.467 e. The highest BCUT2D eigenvalue weighted by Crippen LogP contribution is 2.33. The SMILES string of the molecule is CC(C)(O)CCS(=O)N1CCN(c2ccc3nc(OC4CCN(c5ncc(F)cn5)CC4)sc3c2)CC1. The first kappa shape index (κ1) is 26.2. The lowest BCUT2D eigenvalue weighted by molar-refractivity contribution is 0.0772. The van der Waals surface area contributed by atoms with E-state index < -0.39 is 22.4 Å². The van der Waals surface area contributed by atoms with Crippen LogP contribution in [0.5, 0.6) is 5.19 Å². The largest absolute Gasteiger partial charge is 0.467 e. The molecule has 1 N–H and O–H groups in total. The van der Waals surface area contributed by atoms with Crippen LogP contribution < -0.4 is 14.5 Å². The Morgan fingerprint density at radius 2 is 1.81 bits per heavy atom. The van der Waals surface area contributed by atoms with E-state index in [1.54, 1.807) is 25.2 Å². The molecule has 200 valence electrons. The second-order valence-electron chi connectivity index (χ2n) is 10.1. The molecule has 0 radical (unpaired) electrons. The summed E-state index contributed by atoms with van der Waals surface area (Å²) in [5.74, 6) is 0.602. The predicted molar refractivity (Wildman–Crippen MR) is 145 cm³/mol. The maximum atomic E-state index is 13.1. The maximum absolute atomic E-state index is 13.1. The monoisotopic (exact) mass is 548 g/mol. The van der Waals surface area contributed by atoms with Crippen molar-refractivity contribution in [1.82, 2.24) is 19.3 Å². The van der Waals surface area contributed by atoms with E-state index in [0.29, 0.717) is 23.3 Å². The fourth-order valence-corrected chi connectivity index (χ4v) is 6.96. The van der Waals surface area contributed by atoms with Gasteiger partial charge >= 0.3 is 0 Å². The number of thiazole rings is 1. The van der Waals surface area contributed by atoms with Gasteiger partial charge in [-0.3, -0.25) is 0 Å². The number of fused-ring (bicyclic) bond motifs is 1. The summed E-state index contributed by atoms with van der Waals surface area (Å²) in [5.41, 5.74) is 1.27. The Morgan fingerprint density at radius 3 is 2.49 bits per heavy atom. The van der Waals surface area contributed by atoms with Crippen molar-refractivity contribution in [2.75, 3.05) is 54.8 Å². The number of nitrogens with zero attached hydrogens (tertiary/aromatic N) is 6. The lowest BCUT2D eigenvalue weighted by Crippen LogP contribution is -2.47. The van der Waals surface area contributed by atoms with Crippen molar-refractivity contribution in [3.05, 3.63) is 36.4 Å². The molecule has 12 heteroatoms. The lowest BCUT2D eigenvalue weighted by atomic mass is 10.1. The Kier molecular flexibility index (Phi) is 7.89. The number of ether oxygens (including phenoxy) is 1. The van der Waals surface area contributed by atoms with Crippen LogP contribution >= 0.6 is 11.3 Å². The molecule has 2 aromatic heterocycles. The van der Waals surface area contributed by atoms with Gasteiger partial charge in [0.05, 0.1) is 39.2 Å². The van der Waals surface area contributed by atoms with E-state index >= 15 is 0 Å². The molecule has 1 atom stereocenters. The van der Waals surface area contributed by atoms with E-state index in [2.05, 4.69) is 32.0 Å². The number of piperidine rings is 1. The normalized spacial score (nSPS) is 18.9. The van der Waals surface area contributed by atoms with Crippen molar-refractivity contribution in [2.24, 2.45) is 0 Å². The summed E-state index contributed by atoms with van der Waals surface area (Å²) in [6.45, 7) is 8.07. The van der Waals surface area contributed by atoms with Gasteiger partial charge in [-0.05, 0) is 38.5 Å². The van der Waals surface area contributed by atoms with Gasteiger partial charge in [-0.1, -0.05) is 11.3 Å². The van der Waals surface area contributed by atoms with Gasteiger partial charge in [0.15, 0.2) is 5.82 Å². The molecule has 0 amide bonds. The summed E-state index contributed by atoms with van der Waals surface area (Å²) >= 11 is 1.56. The summed E-state index contributed by atoms with van der Waals surface area (Å²) in [6, 6.07) is 6.29. The van der Waals surface area contributed by atoms with Crippen LogP contribution in [0.3, 0.4) is 0 Å². The van der Waals surface area contributed by atoms with Crippen molar-refractivity contribution in [2.45, 2.75) is 44.8 Å². The van der Waals surface area contributed by atoms with E-state index in [-0.39, 0.29) is 6.10 Å². The van der Waals surface area contributed by atoms with Gasteiger partial charge < -0.3 is 19.6 Å². The van der Waals surface area contributed by atoms with Gasteiger partial charge in [0, 0.05) is 63.6 Å². The van der Waals surface area contributed by atoms with Crippen LogP contribution in [0.25, 0.3) is 10.2 Å². The van der Waals surface area contributed by atoms with Gasteiger partial charge in [-0.2, -0.15) is 0 Å². The first-order chi connectivity index (χ1) is 17.7. The molecule has 2 aliphatic rings. The maximum Gasteiger partial charge on any atom is 0.274 e. The fourth-order valence-electron chi connectivity index (χ4n) is 4.54. The molecular weight excluding hydrogens is 515 g/mol. The van der Waals surface area contributed by atoms with Crippen molar-refractivity contribution >= 4 is 44.2 Å². The van der Waals surface area contributed by atoms with E-state index in [1.807, 2.05) is 15.3 Å². The molecule has 9 nitrogen and oxygen atoms in total. The van der Waals surface area contributed by atoms with Crippen LogP contribution in [0.1, 0.15) is 33.1 Å². The predicted octanol–water partition coefficient (Wildman–Crippen LogP) is 3.22. The summed E-state index contributed by atoms with van der Waals surface area (Å²) in [4.78, 5) is 17.2. The van der Waals surface area contributed by atoms with Gasteiger partial charge in [-0.25, -0.2) is 27.9 Å². The molecule has 5 rings (SSSR count). The van der Waals surface area contributed by atoms with E-state index in [0.717, 1.165) is 68.0 Å². The third-order valence-electron chi connectivity index (χ3n) is 6.73. The minimum absolute atomic E-state index is 0.0714. The smallest absolute Gasteiger partial charge is 0.274 e. The zero-order chi connectivity index (χ0) is 26.0. The van der Waals surface area contributed by atoms with Gasteiger partial charge in [0.1, 0.15) is 6.10 Å². The molecule has 37 heavy (non-hydrogen) atoms. The second-order valence-corrected chi connectivity index (χ2v) is 12.7. The molecule has 2 fully saturated rings. The number of piperazine rings is 1. The summed E-state index contributed by atoms with van der Waals surface area (Å²) < 4.78 is 35.0. The fraction of sp³-hybridized carbons (Fsp3) is 0.560. The molecule has 2 aliphatic heterocycles. The van der Waals surface area contributed by atoms with E-state index in [1.165, 1.54) is 12.4 Å². The molecule has 3 aromatic rings. The Bertz CT molecular complexity index is 1220. The second kappa shape index (κ2) is 11.1. The lowest BCUT2D eigenvalue weighted by Gasteiger charge is -2.35. The minimum atomic E-state index is -1.06. The first-order valence-electron chi connectivity index (χ1n) is 12.6. The van der Waals surface area contributed by atoms with Crippen LogP contribution in [0.2, 0.25) is 0 Å². The topological polar surface area (TPSA) is 94.9 Å². The number of aliphatic hydroxyl groups is 1. The standard InChI is InChI=1S/C25H33FN6O3S2/c1-25(2,33)7-14-37(34)32-12-10-30(11-13-32)19-3-4-21-22(15-19)36-24(29-21)35-20-5-8-31(9-6-20)23-27-16-18(26)17-28-23/h3-4,15-17,20,33H,5-14H2,1-2H3. The third kappa shape index (κ3) is 6.73. The molecule has 0 spiro atoms. The Hall–Kier alpha value is -2.41. The number of rotatable bonds is 8. The van der Waals surface area contributed by atoms with Gasteiger partial charge in [0.25, 0.3) is 5.19 Å². The Labute approximate surface area is 222 Å². The molecule has 1 aromatic carbocycles. The Morgan fingerprint density at radius 1 is 1.11 bits per heavy atom. The summed E-state index contributed by atoms with van der Waals surface area (Å²) in [5, 5.41) is 10.6. The summed E-state index contributed by atoms with van der Waals surface area (Å²) in [6.07, 6.45) is 4.63. The van der Waals surface area contributed by atoms with E-state index in [4.69, 9.17) is 4.74 Å². The van der Waals surface area contributed by atoms with Crippen molar-refractivity contribution in [3.8, 4) is 5.19 Å². The quantitative estimate of drug-likeness (QED) is 0.459. The number of halogens is 1. The van der Waals surface area contributed by atoms with Crippen LogP contribution in [-0.4, -0.2) is 85.3 Å². The molecule has 4 heterocycles.